The molecule has 6 heteroatoms. The zero-order valence-electron chi connectivity index (χ0n) is 9.96. The molecule has 0 aromatic heterocycles. The maximum atomic E-state index is 13.1. The van der Waals surface area contributed by atoms with E-state index in [0.717, 1.165) is 18.2 Å². The molecule has 0 bridgehead atoms. The Morgan fingerprint density at radius 2 is 2.00 bits per heavy atom. The summed E-state index contributed by atoms with van der Waals surface area (Å²) in [6.07, 6.45) is 0. The average molecular weight is 263 g/mol. The van der Waals surface area contributed by atoms with Gasteiger partial charge in [-0.15, -0.1) is 0 Å². The number of halogens is 1. The molecule has 98 valence electrons. The Morgan fingerprint density at radius 3 is 2.68 bits per heavy atom. The van der Waals surface area contributed by atoms with E-state index in [1.165, 1.54) is 18.2 Å². The van der Waals surface area contributed by atoms with Crippen LogP contribution in [0.2, 0.25) is 0 Å². The number of nitro benzene ring substituents is 1. The molecule has 19 heavy (non-hydrogen) atoms. The van der Waals surface area contributed by atoms with Crippen molar-refractivity contribution in [2.45, 2.75) is 6.92 Å². The van der Waals surface area contributed by atoms with E-state index in [-0.39, 0.29) is 22.9 Å². The van der Waals surface area contributed by atoms with Crippen LogP contribution in [-0.2, 0) is 0 Å². The third-order valence-electron chi connectivity index (χ3n) is 2.59. The summed E-state index contributed by atoms with van der Waals surface area (Å²) in [5.41, 5.74) is 0.0743. The lowest BCUT2D eigenvalue weighted by atomic mass is 10.2. The normalized spacial score (nSPS) is 10.2. The van der Waals surface area contributed by atoms with Gasteiger partial charge in [0.2, 0.25) is 5.75 Å². The van der Waals surface area contributed by atoms with Gasteiger partial charge in [0.15, 0.2) is 0 Å². The highest BCUT2D eigenvalue weighted by Crippen LogP contribution is 2.35. The molecule has 2 aromatic carbocycles. The number of benzene rings is 2. The van der Waals surface area contributed by atoms with Gasteiger partial charge in [-0.1, -0.05) is 6.07 Å². The monoisotopic (exact) mass is 263 g/mol. The Bertz CT molecular complexity index is 643. The van der Waals surface area contributed by atoms with Gasteiger partial charge in [0.05, 0.1) is 4.92 Å². The third kappa shape index (κ3) is 2.62. The fourth-order valence-electron chi connectivity index (χ4n) is 1.55. The second kappa shape index (κ2) is 4.93. The van der Waals surface area contributed by atoms with E-state index >= 15 is 0 Å². The number of nitro groups is 1. The first-order valence-electron chi connectivity index (χ1n) is 5.39. The molecule has 0 aliphatic carbocycles. The van der Waals surface area contributed by atoms with Gasteiger partial charge in [0, 0.05) is 17.7 Å². The van der Waals surface area contributed by atoms with Crippen molar-refractivity contribution in [1.29, 1.82) is 0 Å². The van der Waals surface area contributed by atoms with Crippen LogP contribution in [0.4, 0.5) is 10.1 Å². The minimum atomic E-state index is -0.660. The van der Waals surface area contributed by atoms with Gasteiger partial charge in [0.1, 0.15) is 17.3 Å². The number of rotatable bonds is 3. The SMILES string of the molecule is Cc1c(O)cccc1Oc1cc(F)ccc1[N+](=O)[O-]. The Morgan fingerprint density at radius 1 is 1.26 bits per heavy atom. The molecule has 1 N–H and O–H groups in total. The van der Waals surface area contributed by atoms with Gasteiger partial charge in [-0.05, 0) is 25.1 Å². The molecule has 0 heterocycles. The van der Waals surface area contributed by atoms with Crippen LogP contribution in [0.5, 0.6) is 17.2 Å². The molecular weight excluding hydrogens is 253 g/mol. The van der Waals surface area contributed by atoms with Crippen LogP contribution in [-0.4, -0.2) is 10.0 Å². The molecule has 0 atom stereocenters. The van der Waals surface area contributed by atoms with Crippen molar-refractivity contribution in [3.63, 3.8) is 0 Å². The number of hydrogen-bond acceptors (Lipinski definition) is 4. The standard InChI is InChI=1S/C13H10FNO4/c1-8-11(16)3-2-4-12(8)19-13-7-9(14)5-6-10(13)15(17)18/h2-7,16H,1H3. The fourth-order valence-corrected chi connectivity index (χ4v) is 1.55. The molecule has 0 spiro atoms. The minimum absolute atomic E-state index is 0.00319. The zero-order valence-corrected chi connectivity index (χ0v) is 9.96. The van der Waals surface area contributed by atoms with Crippen LogP contribution in [0.25, 0.3) is 0 Å². The Balaban J connectivity index is 2.45. The second-order valence-corrected chi connectivity index (χ2v) is 3.87. The Hall–Kier alpha value is -2.63. The summed E-state index contributed by atoms with van der Waals surface area (Å²) in [5, 5.41) is 20.4. The van der Waals surface area contributed by atoms with E-state index in [1.807, 2.05) is 0 Å². The smallest absolute Gasteiger partial charge is 0.311 e. The maximum absolute atomic E-state index is 13.1. The van der Waals surface area contributed by atoms with Crippen LogP contribution in [0.3, 0.4) is 0 Å². The summed E-state index contributed by atoms with van der Waals surface area (Å²) in [4.78, 5) is 10.2. The van der Waals surface area contributed by atoms with Crippen molar-refractivity contribution in [3.8, 4) is 17.2 Å². The lowest BCUT2D eigenvalue weighted by Crippen LogP contribution is -1.95. The van der Waals surface area contributed by atoms with Crippen molar-refractivity contribution in [3.05, 3.63) is 57.9 Å². The highest BCUT2D eigenvalue weighted by atomic mass is 19.1. The van der Waals surface area contributed by atoms with Crippen LogP contribution in [0.15, 0.2) is 36.4 Å². The maximum Gasteiger partial charge on any atom is 0.311 e. The number of ether oxygens (including phenoxy) is 1. The molecule has 0 radical (unpaired) electrons. The van der Waals surface area contributed by atoms with Gasteiger partial charge in [0.25, 0.3) is 0 Å². The van der Waals surface area contributed by atoms with Gasteiger partial charge in [-0.25, -0.2) is 4.39 Å². The number of nitrogens with zero attached hydrogens (tertiary/aromatic N) is 1. The van der Waals surface area contributed by atoms with Crippen LogP contribution < -0.4 is 4.74 Å². The summed E-state index contributed by atoms with van der Waals surface area (Å²) in [7, 11) is 0. The van der Waals surface area contributed by atoms with E-state index in [2.05, 4.69) is 0 Å². The van der Waals surface area contributed by atoms with E-state index in [1.54, 1.807) is 6.92 Å². The lowest BCUT2D eigenvalue weighted by molar-refractivity contribution is -0.385. The van der Waals surface area contributed by atoms with Crippen LogP contribution in [0.1, 0.15) is 5.56 Å². The summed E-state index contributed by atoms with van der Waals surface area (Å²) in [6, 6.07) is 7.47. The van der Waals surface area contributed by atoms with Crippen LogP contribution >= 0.6 is 0 Å². The highest BCUT2D eigenvalue weighted by molar-refractivity contribution is 5.51. The topological polar surface area (TPSA) is 72.6 Å². The number of phenols is 1. The Kier molecular flexibility index (Phi) is 3.33. The summed E-state index contributed by atoms with van der Waals surface area (Å²) >= 11 is 0. The van der Waals surface area contributed by atoms with Crippen molar-refractivity contribution >= 4 is 5.69 Å². The van der Waals surface area contributed by atoms with E-state index < -0.39 is 10.7 Å². The first-order valence-corrected chi connectivity index (χ1v) is 5.39. The summed E-state index contributed by atoms with van der Waals surface area (Å²) in [5.74, 6) is -0.623. The third-order valence-corrected chi connectivity index (χ3v) is 2.59. The molecule has 2 aromatic rings. The highest BCUT2D eigenvalue weighted by Gasteiger charge is 2.17. The molecule has 0 saturated carbocycles. The molecule has 2 rings (SSSR count). The van der Waals surface area contributed by atoms with E-state index in [9.17, 15) is 19.6 Å². The molecule has 0 aliphatic rings. The quantitative estimate of drug-likeness (QED) is 0.679. The molecule has 0 fully saturated rings. The van der Waals surface area contributed by atoms with E-state index in [4.69, 9.17) is 4.74 Å². The van der Waals surface area contributed by atoms with Crippen molar-refractivity contribution < 1.29 is 19.2 Å². The fraction of sp³-hybridized carbons (Fsp3) is 0.0769. The predicted octanol–water partition coefficient (Wildman–Crippen LogP) is 3.54. The van der Waals surface area contributed by atoms with E-state index in [0.29, 0.717) is 5.56 Å². The molecule has 0 amide bonds. The Labute approximate surface area is 108 Å². The van der Waals surface area contributed by atoms with Crippen molar-refractivity contribution in [2.24, 2.45) is 0 Å². The predicted molar refractivity (Wildman–Crippen MR) is 66.0 cm³/mol. The number of aromatic hydroxyl groups is 1. The van der Waals surface area contributed by atoms with Gasteiger partial charge in [-0.3, -0.25) is 10.1 Å². The molecule has 0 saturated heterocycles. The molecular formula is C13H10FNO4. The van der Waals surface area contributed by atoms with Gasteiger partial charge < -0.3 is 9.84 Å². The minimum Gasteiger partial charge on any atom is -0.508 e. The lowest BCUT2D eigenvalue weighted by Gasteiger charge is -2.09. The van der Waals surface area contributed by atoms with Gasteiger partial charge in [-0.2, -0.15) is 0 Å². The molecule has 0 unspecified atom stereocenters. The average Bonchev–Trinajstić information content (AvgIpc) is 2.35. The van der Waals surface area contributed by atoms with Crippen molar-refractivity contribution in [1.82, 2.24) is 0 Å². The van der Waals surface area contributed by atoms with Crippen molar-refractivity contribution in [2.75, 3.05) is 0 Å². The second-order valence-electron chi connectivity index (χ2n) is 3.87. The summed E-state index contributed by atoms with van der Waals surface area (Å²) < 4.78 is 18.5. The zero-order chi connectivity index (χ0) is 14.0. The number of phenolic OH excluding ortho intramolecular Hbond substituents is 1. The van der Waals surface area contributed by atoms with Gasteiger partial charge >= 0.3 is 5.69 Å². The summed E-state index contributed by atoms with van der Waals surface area (Å²) in [6.45, 7) is 1.59. The number of hydrogen-bond donors (Lipinski definition) is 1. The van der Waals surface area contributed by atoms with Crippen LogP contribution in [0, 0.1) is 22.9 Å². The molecule has 0 aliphatic heterocycles. The molecule has 5 nitrogen and oxygen atoms in total. The largest absolute Gasteiger partial charge is 0.508 e. The first kappa shape index (κ1) is 12.8. The first-order chi connectivity index (χ1) is 8.99.